The third-order valence-electron chi connectivity index (χ3n) is 5.29. The van der Waals surface area contributed by atoms with E-state index in [1.165, 1.54) is 17.5 Å². The van der Waals surface area contributed by atoms with Crippen LogP contribution in [0.15, 0.2) is 24.3 Å². The molecule has 1 saturated heterocycles. The Kier molecular flexibility index (Phi) is 5.09. The van der Waals surface area contributed by atoms with Crippen molar-refractivity contribution in [2.24, 2.45) is 5.92 Å². The summed E-state index contributed by atoms with van der Waals surface area (Å²) in [6.07, 6.45) is 4.57. The van der Waals surface area contributed by atoms with E-state index in [2.05, 4.69) is 33.9 Å². The molecule has 23 heavy (non-hydrogen) atoms. The van der Waals surface area contributed by atoms with Crippen molar-refractivity contribution in [3.05, 3.63) is 35.4 Å². The smallest absolute Gasteiger partial charge is 0.213 e. The zero-order valence-corrected chi connectivity index (χ0v) is 15.0. The predicted molar refractivity (Wildman–Crippen MR) is 94.0 cm³/mol. The van der Waals surface area contributed by atoms with Crippen molar-refractivity contribution in [1.82, 2.24) is 9.62 Å². The zero-order valence-electron chi connectivity index (χ0n) is 14.2. The SMILES string of the molecule is CC(C)S(=O)(=O)NC[C@@H]1CCCN(C2Cc3ccccc3C2)C1. The van der Waals surface area contributed by atoms with E-state index in [-0.39, 0.29) is 5.25 Å². The van der Waals surface area contributed by atoms with Gasteiger partial charge >= 0.3 is 0 Å². The minimum Gasteiger partial charge on any atom is -0.299 e. The molecule has 128 valence electrons. The standard InChI is InChI=1S/C18H28N2O2S/c1-14(2)23(21,22)19-12-15-6-5-9-20(13-15)18-10-16-7-3-4-8-17(16)11-18/h3-4,7-8,14-15,18-19H,5-6,9-13H2,1-2H3/t15-/m0/s1. The maximum atomic E-state index is 11.9. The number of piperidine rings is 1. The monoisotopic (exact) mass is 336 g/mol. The molecule has 4 nitrogen and oxygen atoms in total. The summed E-state index contributed by atoms with van der Waals surface area (Å²) < 4.78 is 26.7. The second kappa shape index (κ2) is 6.91. The third-order valence-corrected chi connectivity index (χ3v) is 7.10. The number of fused-ring (bicyclic) bond motifs is 1. The molecule has 0 aromatic heterocycles. The number of benzene rings is 1. The van der Waals surface area contributed by atoms with Crippen molar-refractivity contribution in [1.29, 1.82) is 0 Å². The number of rotatable bonds is 5. The highest BCUT2D eigenvalue weighted by atomic mass is 32.2. The summed E-state index contributed by atoms with van der Waals surface area (Å²) in [5, 5.41) is -0.355. The van der Waals surface area contributed by atoms with Gasteiger partial charge in [-0.3, -0.25) is 4.90 Å². The fourth-order valence-corrected chi connectivity index (χ4v) is 4.59. The van der Waals surface area contributed by atoms with Gasteiger partial charge in [0.25, 0.3) is 0 Å². The van der Waals surface area contributed by atoms with Gasteiger partial charge in [0, 0.05) is 19.1 Å². The molecule has 2 aliphatic rings. The quantitative estimate of drug-likeness (QED) is 0.897. The Morgan fingerprint density at radius 3 is 2.48 bits per heavy atom. The molecule has 0 amide bonds. The average molecular weight is 337 g/mol. The summed E-state index contributed by atoms with van der Waals surface area (Å²) in [6, 6.07) is 9.33. The summed E-state index contributed by atoms with van der Waals surface area (Å²) in [5.41, 5.74) is 2.97. The Bertz CT molecular complexity index is 617. The molecule has 0 bridgehead atoms. The fraction of sp³-hybridized carbons (Fsp3) is 0.667. The zero-order chi connectivity index (χ0) is 16.4. The lowest BCUT2D eigenvalue weighted by molar-refractivity contribution is 0.128. The lowest BCUT2D eigenvalue weighted by atomic mass is 9.96. The first-order valence-corrected chi connectivity index (χ1v) is 10.3. The van der Waals surface area contributed by atoms with Gasteiger partial charge in [0.1, 0.15) is 0 Å². The molecule has 1 aliphatic heterocycles. The van der Waals surface area contributed by atoms with E-state index in [1.54, 1.807) is 13.8 Å². The second-order valence-corrected chi connectivity index (χ2v) is 9.60. The summed E-state index contributed by atoms with van der Waals surface area (Å²) in [7, 11) is -3.15. The molecule has 1 fully saturated rings. The van der Waals surface area contributed by atoms with Crippen molar-refractivity contribution in [2.75, 3.05) is 19.6 Å². The number of nitrogens with zero attached hydrogens (tertiary/aromatic N) is 1. The molecule has 3 rings (SSSR count). The van der Waals surface area contributed by atoms with Gasteiger partial charge in [0.15, 0.2) is 0 Å². The van der Waals surface area contributed by atoms with Gasteiger partial charge in [0.05, 0.1) is 5.25 Å². The van der Waals surface area contributed by atoms with Crippen LogP contribution in [-0.4, -0.2) is 44.2 Å². The van der Waals surface area contributed by atoms with Crippen LogP contribution in [0.1, 0.15) is 37.8 Å². The fourth-order valence-electron chi connectivity index (χ4n) is 3.79. The molecule has 0 radical (unpaired) electrons. The van der Waals surface area contributed by atoms with Gasteiger partial charge in [-0.05, 0) is 63.1 Å². The largest absolute Gasteiger partial charge is 0.299 e. The minimum absolute atomic E-state index is 0.355. The van der Waals surface area contributed by atoms with E-state index in [9.17, 15) is 8.42 Å². The molecular weight excluding hydrogens is 308 g/mol. The van der Waals surface area contributed by atoms with Crippen molar-refractivity contribution in [3.63, 3.8) is 0 Å². The Balaban J connectivity index is 1.55. The summed E-state index contributed by atoms with van der Waals surface area (Å²) in [5.74, 6) is 0.431. The van der Waals surface area contributed by atoms with Crippen LogP contribution in [-0.2, 0) is 22.9 Å². The molecule has 1 atom stereocenters. The molecular formula is C18H28N2O2S. The van der Waals surface area contributed by atoms with Crippen LogP contribution in [0.2, 0.25) is 0 Å². The molecule has 1 aliphatic carbocycles. The molecule has 0 unspecified atom stereocenters. The van der Waals surface area contributed by atoms with Gasteiger partial charge in [-0.1, -0.05) is 24.3 Å². The topological polar surface area (TPSA) is 49.4 Å². The number of nitrogens with one attached hydrogen (secondary N) is 1. The molecule has 1 N–H and O–H groups in total. The van der Waals surface area contributed by atoms with Crippen LogP contribution in [0.3, 0.4) is 0 Å². The van der Waals surface area contributed by atoms with E-state index in [0.29, 0.717) is 18.5 Å². The van der Waals surface area contributed by atoms with Gasteiger partial charge in [-0.15, -0.1) is 0 Å². The Morgan fingerprint density at radius 2 is 1.87 bits per heavy atom. The van der Waals surface area contributed by atoms with Crippen LogP contribution >= 0.6 is 0 Å². The highest BCUT2D eigenvalue weighted by Gasteiger charge is 2.30. The molecule has 0 spiro atoms. The Labute approximate surface area is 140 Å². The highest BCUT2D eigenvalue weighted by molar-refractivity contribution is 7.90. The highest BCUT2D eigenvalue weighted by Crippen LogP contribution is 2.28. The van der Waals surface area contributed by atoms with Crippen LogP contribution in [0, 0.1) is 5.92 Å². The van der Waals surface area contributed by atoms with Crippen molar-refractivity contribution in [2.45, 2.75) is 50.8 Å². The van der Waals surface area contributed by atoms with Gasteiger partial charge in [0.2, 0.25) is 10.0 Å². The van der Waals surface area contributed by atoms with Crippen LogP contribution < -0.4 is 4.72 Å². The van der Waals surface area contributed by atoms with E-state index in [4.69, 9.17) is 0 Å². The Morgan fingerprint density at radius 1 is 1.22 bits per heavy atom. The van der Waals surface area contributed by atoms with E-state index in [1.807, 2.05) is 0 Å². The maximum absolute atomic E-state index is 11.9. The summed E-state index contributed by atoms with van der Waals surface area (Å²) in [6.45, 7) is 6.19. The summed E-state index contributed by atoms with van der Waals surface area (Å²) in [4.78, 5) is 2.58. The predicted octanol–water partition coefficient (Wildman–Crippen LogP) is 2.19. The first kappa shape index (κ1) is 16.9. The maximum Gasteiger partial charge on any atom is 0.213 e. The van der Waals surface area contributed by atoms with Crippen molar-refractivity contribution in [3.8, 4) is 0 Å². The van der Waals surface area contributed by atoms with E-state index in [0.717, 1.165) is 32.4 Å². The summed E-state index contributed by atoms with van der Waals surface area (Å²) >= 11 is 0. The van der Waals surface area contributed by atoms with Gasteiger partial charge < -0.3 is 0 Å². The van der Waals surface area contributed by atoms with Gasteiger partial charge in [-0.25, -0.2) is 13.1 Å². The van der Waals surface area contributed by atoms with Gasteiger partial charge in [-0.2, -0.15) is 0 Å². The molecule has 1 aromatic rings. The number of hydrogen-bond donors (Lipinski definition) is 1. The second-order valence-electron chi connectivity index (χ2n) is 7.28. The minimum atomic E-state index is -3.15. The Hall–Kier alpha value is -0.910. The van der Waals surface area contributed by atoms with E-state index < -0.39 is 10.0 Å². The van der Waals surface area contributed by atoms with Crippen LogP contribution in [0.25, 0.3) is 0 Å². The first-order valence-electron chi connectivity index (χ1n) is 8.75. The average Bonchev–Trinajstić information content (AvgIpc) is 2.97. The molecule has 0 saturated carbocycles. The lowest BCUT2D eigenvalue weighted by Crippen LogP contribution is -2.46. The van der Waals surface area contributed by atoms with E-state index >= 15 is 0 Å². The number of hydrogen-bond acceptors (Lipinski definition) is 3. The lowest BCUT2D eigenvalue weighted by Gasteiger charge is -2.37. The van der Waals surface area contributed by atoms with Crippen LogP contribution in [0.5, 0.6) is 0 Å². The molecule has 1 aromatic carbocycles. The molecule has 1 heterocycles. The van der Waals surface area contributed by atoms with Crippen molar-refractivity contribution < 1.29 is 8.42 Å². The number of sulfonamides is 1. The third kappa shape index (κ3) is 3.95. The first-order chi connectivity index (χ1) is 11.0. The van der Waals surface area contributed by atoms with Crippen LogP contribution in [0.4, 0.5) is 0 Å². The van der Waals surface area contributed by atoms with Crippen molar-refractivity contribution >= 4 is 10.0 Å². The normalized spacial score (nSPS) is 23.3. The number of likely N-dealkylation sites (tertiary alicyclic amines) is 1. The molecule has 5 heteroatoms.